The summed E-state index contributed by atoms with van der Waals surface area (Å²) in [5, 5.41) is 3.87. The maximum Gasteiger partial charge on any atom is 0.262 e. The van der Waals surface area contributed by atoms with Gasteiger partial charge in [0, 0.05) is 29.9 Å². The second-order valence-electron chi connectivity index (χ2n) is 8.03. The zero-order chi connectivity index (χ0) is 23.5. The Morgan fingerprint density at radius 1 is 1.30 bits per heavy atom. The van der Waals surface area contributed by atoms with Gasteiger partial charge in [0.15, 0.2) is 0 Å². The zero-order valence-corrected chi connectivity index (χ0v) is 20.1. The molecule has 0 atom stereocenters. The Labute approximate surface area is 200 Å². The molecule has 8 nitrogen and oxygen atoms in total. The molecular formula is C23H25ClN4O4S. The Morgan fingerprint density at radius 2 is 2.09 bits per heavy atom. The van der Waals surface area contributed by atoms with E-state index in [9.17, 15) is 14.4 Å². The largest absolute Gasteiger partial charge is 0.495 e. The Hall–Kier alpha value is -2.91. The maximum absolute atomic E-state index is 13.0. The van der Waals surface area contributed by atoms with E-state index >= 15 is 0 Å². The molecule has 1 aliphatic rings. The van der Waals surface area contributed by atoms with Crippen molar-refractivity contribution >= 4 is 50.7 Å². The molecule has 0 bridgehead atoms. The summed E-state index contributed by atoms with van der Waals surface area (Å²) in [4.78, 5) is 45.9. The van der Waals surface area contributed by atoms with Gasteiger partial charge in [-0.3, -0.25) is 19.0 Å². The number of ether oxygens (including phenoxy) is 1. The van der Waals surface area contributed by atoms with Crippen LogP contribution in [-0.4, -0.2) is 47.0 Å². The van der Waals surface area contributed by atoms with E-state index in [-0.39, 0.29) is 36.9 Å². The number of amides is 2. The fourth-order valence-electron chi connectivity index (χ4n) is 4.02. The minimum absolute atomic E-state index is 0.0870. The number of anilines is 1. The lowest BCUT2D eigenvalue weighted by atomic mass is 9.97. The smallest absolute Gasteiger partial charge is 0.262 e. The van der Waals surface area contributed by atoms with Crippen LogP contribution in [0.25, 0.3) is 10.2 Å². The van der Waals surface area contributed by atoms with Crippen molar-refractivity contribution < 1.29 is 14.3 Å². The number of carbonyl (C=O) groups excluding carboxylic acids is 2. The number of hydrogen-bond donors (Lipinski definition) is 1. The number of methoxy groups -OCH3 is 1. The van der Waals surface area contributed by atoms with Gasteiger partial charge in [0.2, 0.25) is 11.8 Å². The predicted molar refractivity (Wildman–Crippen MR) is 129 cm³/mol. The predicted octanol–water partition coefficient (Wildman–Crippen LogP) is 3.49. The van der Waals surface area contributed by atoms with Gasteiger partial charge >= 0.3 is 0 Å². The normalized spacial score (nSPS) is 12.9. The van der Waals surface area contributed by atoms with Crippen molar-refractivity contribution in [1.82, 2.24) is 14.5 Å². The molecule has 0 saturated carbocycles. The van der Waals surface area contributed by atoms with Crippen LogP contribution in [0, 0.1) is 0 Å². The van der Waals surface area contributed by atoms with Crippen molar-refractivity contribution in [2.75, 3.05) is 26.0 Å². The standard InChI is InChI=1S/C23H25ClN4O4S/c1-27(12-19(29)26-16-11-14(24)7-8-17(16)32-2)20(30)9-10-28-13-25-22-21(23(28)31)15-5-3-4-6-18(15)33-22/h7-8,11,13H,3-6,9-10,12H2,1-2H3,(H,26,29). The van der Waals surface area contributed by atoms with E-state index in [4.69, 9.17) is 16.3 Å². The number of rotatable bonds is 7. The topological polar surface area (TPSA) is 93.5 Å². The van der Waals surface area contributed by atoms with E-state index in [2.05, 4.69) is 10.3 Å². The van der Waals surface area contributed by atoms with Gasteiger partial charge in [-0.1, -0.05) is 11.6 Å². The average Bonchev–Trinajstić information content (AvgIpc) is 3.18. The van der Waals surface area contributed by atoms with Gasteiger partial charge in [0.1, 0.15) is 10.6 Å². The molecule has 0 saturated heterocycles. The third kappa shape index (κ3) is 5.04. The SMILES string of the molecule is COc1ccc(Cl)cc1NC(=O)CN(C)C(=O)CCn1cnc2sc3c(c2c1=O)CCCC3. The molecule has 0 radical (unpaired) electrons. The number of fused-ring (bicyclic) bond motifs is 3. The van der Waals surface area contributed by atoms with E-state index in [1.54, 1.807) is 36.6 Å². The highest BCUT2D eigenvalue weighted by Gasteiger charge is 2.21. The quantitative estimate of drug-likeness (QED) is 0.549. The van der Waals surface area contributed by atoms with Crippen LogP contribution in [0.1, 0.15) is 29.7 Å². The van der Waals surface area contributed by atoms with Crippen molar-refractivity contribution in [3.8, 4) is 5.75 Å². The summed E-state index contributed by atoms with van der Waals surface area (Å²) in [6.45, 7) is 0.0675. The summed E-state index contributed by atoms with van der Waals surface area (Å²) < 4.78 is 6.71. The first-order chi connectivity index (χ1) is 15.9. The molecule has 0 unspecified atom stereocenters. The highest BCUT2D eigenvalue weighted by Crippen LogP contribution is 2.33. The molecule has 2 aromatic heterocycles. The number of aryl methyl sites for hydroxylation is 3. The lowest BCUT2D eigenvalue weighted by Crippen LogP contribution is -2.36. The summed E-state index contributed by atoms with van der Waals surface area (Å²) >= 11 is 7.59. The molecule has 0 aliphatic heterocycles. The van der Waals surface area contributed by atoms with Crippen LogP contribution < -0.4 is 15.6 Å². The van der Waals surface area contributed by atoms with E-state index in [1.165, 1.54) is 27.8 Å². The number of carbonyl (C=O) groups is 2. The lowest BCUT2D eigenvalue weighted by molar-refractivity contribution is -0.133. The molecule has 4 rings (SSSR count). The maximum atomic E-state index is 13.0. The number of halogens is 1. The van der Waals surface area contributed by atoms with Crippen LogP contribution in [-0.2, 0) is 29.0 Å². The fourth-order valence-corrected chi connectivity index (χ4v) is 5.41. The average molecular weight is 489 g/mol. The highest BCUT2D eigenvalue weighted by atomic mass is 35.5. The van der Waals surface area contributed by atoms with E-state index in [1.807, 2.05) is 0 Å². The van der Waals surface area contributed by atoms with Gasteiger partial charge < -0.3 is 15.0 Å². The van der Waals surface area contributed by atoms with E-state index < -0.39 is 0 Å². The Kier molecular flexibility index (Phi) is 6.99. The summed E-state index contributed by atoms with van der Waals surface area (Å²) in [7, 11) is 3.05. The van der Waals surface area contributed by atoms with E-state index in [0.29, 0.717) is 21.8 Å². The summed E-state index contributed by atoms with van der Waals surface area (Å²) in [6, 6.07) is 4.89. The number of thiophene rings is 1. The molecule has 1 aromatic carbocycles. The van der Waals surface area contributed by atoms with Crippen LogP contribution in [0.3, 0.4) is 0 Å². The van der Waals surface area contributed by atoms with Gasteiger partial charge in [-0.25, -0.2) is 4.98 Å². The number of nitrogens with one attached hydrogen (secondary N) is 1. The first kappa shape index (κ1) is 23.3. The van der Waals surface area contributed by atoms with Crippen LogP contribution in [0.5, 0.6) is 5.75 Å². The molecule has 10 heteroatoms. The van der Waals surface area contributed by atoms with Crippen molar-refractivity contribution in [2.45, 2.75) is 38.6 Å². The molecule has 33 heavy (non-hydrogen) atoms. The number of aromatic nitrogens is 2. The summed E-state index contributed by atoms with van der Waals surface area (Å²) in [5.74, 6) is -0.154. The molecule has 0 fully saturated rings. The number of likely N-dealkylation sites (N-methyl/N-ethyl adjacent to an activating group) is 1. The molecule has 3 aromatic rings. The molecule has 0 spiro atoms. The second kappa shape index (κ2) is 9.93. The Bertz CT molecular complexity index is 1270. The first-order valence-electron chi connectivity index (χ1n) is 10.7. The molecule has 174 valence electrons. The van der Waals surface area contributed by atoms with Crippen LogP contribution in [0.15, 0.2) is 29.3 Å². The van der Waals surface area contributed by atoms with Crippen LogP contribution in [0.4, 0.5) is 5.69 Å². The van der Waals surface area contributed by atoms with Crippen molar-refractivity contribution in [2.24, 2.45) is 0 Å². The minimum Gasteiger partial charge on any atom is -0.495 e. The number of nitrogens with zero attached hydrogens (tertiary/aromatic N) is 3. The van der Waals surface area contributed by atoms with Gasteiger partial charge in [-0.2, -0.15) is 0 Å². The Morgan fingerprint density at radius 3 is 2.88 bits per heavy atom. The Balaban J connectivity index is 1.38. The summed E-state index contributed by atoms with van der Waals surface area (Å²) in [6.07, 6.45) is 5.74. The zero-order valence-electron chi connectivity index (χ0n) is 18.5. The molecule has 1 N–H and O–H groups in total. The molecule has 2 heterocycles. The van der Waals surface area contributed by atoms with Gasteiger partial charge in [0.05, 0.1) is 31.1 Å². The molecular weight excluding hydrogens is 464 g/mol. The molecule has 2 amide bonds. The third-order valence-electron chi connectivity index (χ3n) is 5.75. The number of benzene rings is 1. The second-order valence-corrected chi connectivity index (χ2v) is 9.55. The van der Waals surface area contributed by atoms with Gasteiger partial charge in [-0.05, 0) is 49.4 Å². The monoisotopic (exact) mass is 488 g/mol. The van der Waals surface area contributed by atoms with Crippen molar-refractivity contribution in [1.29, 1.82) is 0 Å². The van der Waals surface area contributed by atoms with E-state index in [0.717, 1.165) is 36.1 Å². The fraction of sp³-hybridized carbons (Fsp3) is 0.391. The van der Waals surface area contributed by atoms with Gasteiger partial charge in [-0.15, -0.1) is 11.3 Å². The van der Waals surface area contributed by atoms with Crippen LogP contribution in [0.2, 0.25) is 5.02 Å². The highest BCUT2D eigenvalue weighted by molar-refractivity contribution is 7.18. The van der Waals surface area contributed by atoms with Crippen LogP contribution >= 0.6 is 22.9 Å². The third-order valence-corrected chi connectivity index (χ3v) is 7.19. The summed E-state index contributed by atoms with van der Waals surface area (Å²) in [5.41, 5.74) is 1.46. The number of hydrogen-bond acceptors (Lipinski definition) is 6. The first-order valence-corrected chi connectivity index (χ1v) is 11.9. The van der Waals surface area contributed by atoms with Crippen molar-refractivity contribution in [3.05, 3.63) is 50.3 Å². The molecule has 1 aliphatic carbocycles. The van der Waals surface area contributed by atoms with Gasteiger partial charge in [0.25, 0.3) is 5.56 Å². The van der Waals surface area contributed by atoms with Crippen molar-refractivity contribution in [3.63, 3.8) is 0 Å². The lowest BCUT2D eigenvalue weighted by Gasteiger charge is -2.18. The minimum atomic E-state index is -0.378.